The van der Waals surface area contributed by atoms with E-state index >= 15 is 0 Å². The summed E-state index contributed by atoms with van der Waals surface area (Å²) in [6.07, 6.45) is -3.29. The van der Waals surface area contributed by atoms with E-state index in [-0.39, 0.29) is 0 Å². The van der Waals surface area contributed by atoms with Crippen molar-refractivity contribution in [2.24, 2.45) is 5.16 Å². The summed E-state index contributed by atoms with van der Waals surface area (Å²) in [6, 6.07) is 5.25. The van der Waals surface area contributed by atoms with E-state index in [4.69, 9.17) is 0 Å². The summed E-state index contributed by atoms with van der Waals surface area (Å²) in [5.41, 5.74) is 0.659. The van der Waals surface area contributed by atoms with E-state index in [0.29, 0.717) is 24.1 Å². The number of halogens is 3. The van der Waals surface area contributed by atoms with Crippen LogP contribution < -0.4 is 0 Å². The van der Waals surface area contributed by atoms with Gasteiger partial charge in [-0.1, -0.05) is 30.3 Å². The van der Waals surface area contributed by atoms with Crippen LogP contribution in [0.4, 0.5) is 13.2 Å². The number of oxime groups is 1. The van der Waals surface area contributed by atoms with Crippen molar-refractivity contribution in [1.29, 1.82) is 0 Å². The number of rotatable bonds is 4. The first-order chi connectivity index (χ1) is 7.97. The molecule has 0 aliphatic carbocycles. The van der Waals surface area contributed by atoms with Crippen LogP contribution in [0.5, 0.6) is 0 Å². The van der Waals surface area contributed by atoms with Gasteiger partial charge in [-0.15, -0.1) is 0 Å². The standard InChI is InChI=1S/C12H14F3NO/c1-3-11(16-17-2)8-9-5-4-6-10(7-9)12(13,14)15/h4-7H,3,8H2,1-2H3/b16-11-. The third kappa shape index (κ3) is 4.09. The van der Waals surface area contributed by atoms with Crippen molar-refractivity contribution < 1.29 is 18.0 Å². The first-order valence-electron chi connectivity index (χ1n) is 5.22. The Morgan fingerprint density at radius 1 is 1.35 bits per heavy atom. The van der Waals surface area contributed by atoms with E-state index < -0.39 is 11.7 Å². The summed E-state index contributed by atoms with van der Waals surface area (Å²) < 4.78 is 37.4. The SMILES string of the molecule is CC/C(Cc1cccc(C(F)(F)F)c1)=N/OC. The maximum absolute atomic E-state index is 12.5. The summed E-state index contributed by atoms with van der Waals surface area (Å²) in [5.74, 6) is 0. The van der Waals surface area contributed by atoms with Gasteiger partial charge in [0.2, 0.25) is 0 Å². The Hall–Kier alpha value is -1.52. The van der Waals surface area contributed by atoms with Gasteiger partial charge in [-0.05, 0) is 18.1 Å². The van der Waals surface area contributed by atoms with Crippen LogP contribution in [0, 0.1) is 0 Å². The lowest BCUT2D eigenvalue weighted by Gasteiger charge is -2.09. The molecule has 0 N–H and O–H groups in total. The van der Waals surface area contributed by atoms with Gasteiger partial charge in [-0.25, -0.2) is 0 Å². The molecule has 0 spiro atoms. The third-order valence-electron chi connectivity index (χ3n) is 2.29. The lowest BCUT2D eigenvalue weighted by atomic mass is 10.0. The van der Waals surface area contributed by atoms with Gasteiger partial charge >= 0.3 is 6.18 Å². The van der Waals surface area contributed by atoms with E-state index in [0.717, 1.165) is 12.1 Å². The number of nitrogens with zero attached hydrogens (tertiary/aromatic N) is 1. The maximum Gasteiger partial charge on any atom is 0.416 e. The summed E-state index contributed by atoms with van der Waals surface area (Å²) in [6.45, 7) is 1.88. The van der Waals surface area contributed by atoms with Gasteiger partial charge in [0.25, 0.3) is 0 Å². The van der Waals surface area contributed by atoms with E-state index in [1.165, 1.54) is 13.2 Å². The molecule has 0 aliphatic rings. The molecule has 1 aromatic rings. The Morgan fingerprint density at radius 2 is 2.06 bits per heavy atom. The number of benzene rings is 1. The van der Waals surface area contributed by atoms with E-state index in [1.807, 2.05) is 6.92 Å². The zero-order valence-electron chi connectivity index (χ0n) is 9.71. The molecule has 2 nitrogen and oxygen atoms in total. The van der Waals surface area contributed by atoms with Gasteiger partial charge in [0.15, 0.2) is 0 Å². The second kappa shape index (κ2) is 5.70. The Morgan fingerprint density at radius 3 is 2.59 bits per heavy atom. The fraction of sp³-hybridized carbons (Fsp3) is 0.417. The molecule has 1 aromatic carbocycles. The average molecular weight is 245 g/mol. The molecule has 0 unspecified atom stereocenters. The van der Waals surface area contributed by atoms with Crippen molar-refractivity contribution in [2.75, 3.05) is 7.11 Å². The summed E-state index contributed by atoms with van der Waals surface area (Å²) >= 11 is 0. The molecule has 0 aliphatic heterocycles. The molecule has 5 heteroatoms. The van der Waals surface area contributed by atoms with Gasteiger partial charge in [-0.2, -0.15) is 13.2 Å². The second-order valence-electron chi connectivity index (χ2n) is 3.57. The fourth-order valence-corrected chi connectivity index (χ4v) is 1.44. The van der Waals surface area contributed by atoms with Crippen LogP contribution in [-0.4, -0.2) is 12.8 Å². The minimum Gasteiger partial charge on any atom is -0.399 e. The molecular formula is C12H14F3NO. The Balaban J connectivity index is 2.89. The molecule has 94 valence electrons. The van der Waals surface area contributed by atoms with E-state index in [2.05, 4.69) is 9.99 Å². The van der Waals surface area contributed by atoms with Crippen molar-refractivity contribution in [3.63, 3.8) is 0 Å². The maximum atomic E-state index is 12.5. The van der Waals surface area contributed by atoms with Gasteiger partial charge < -0.3 is 4.84 Å². The lowest BCUT2D eigenvalue weighted by Crippen LogP contribution is -2.07. The summed E-state index contributed by atoms with van der Waals surface area (Å²) in [4.78, 5) is 4.63. The molecule has 17 heavy (non-hydrogen) atoms. The minimum absolute atomic E-state index is 0.369. The first kappa shape index (κ1) is 13.5. The highest BCUT2D eigenvalue weighted by Gasteiger charge is 2.30. The molecule has 0 saturated carbocycles. The van der Waals surface area contributed by atoms with E-state index in [1.54, 1.807) is 6.07 Å². The molecule has 0 fully saturated rings. The molecule has 0 atom stereocenters. The predicted octanol–water partition coefficient (Wildman–Crippen LogP) is 3.66. The molecule has 0 saturated heterocycles. The monoisotopic (exact) mass is 245 g/mol. The number of hydrogen-bond acceptors (Lipinski definition) is 2. The van der Waals surface area contributed by atoms with Crippen molar-refractivity contribution in [3.8, 4) is 0 Å². The molecule has 1 rings (SSSR count). The number of alkyl halides is 3. The number of hydrogen-bond donors (Lipinski definition) is 0. The molecule has 0 heterocycles. The van der Waals surface area contributed by atoms with Crippen LogP contribution in [0.2, 0.25) is 0 Å². The van der Waals surface area contributed by atoms with Crippen LogP contribution in [-0.2, 0) is 17.4 Å². The predicted molar refractivity (Wildman–Crippen MR) is 59.9 cm³/mol. The second-order valence-corrected chi connectivity index (χ2v) is 3.57. The van der Waals surface area contributed by atoms with Crippen molar-refractivity contribution >= 4 is 5.71 Å². The van der Waals surface area contributed by atoms with Crippen molar-refractivity contribution in [2.45, 2.75) is 25.9 Å². The zero-order valence-corrected chi connectivity index (χ0v) is 9.71. The highest BCUT2D eigenvalue weighted by atomic mass is 19.4. The Labute approximate surface area is 98.1 Å². The molecule has 0 amide bonds. The van der Waals surface area contributed by atoms with Crippen molar-refractivity contribution in [1.82, 2.24) is 0 Å². The normalized spacial score (nSPS) is 12.6. The fourth-order valence-electron chi connectivity index (χ4n) is 1.44. The average Bonchev–Trinajstić information content (AvgIpc) is 2.28. The zero-order chi connectivity index (χ0) is 12.9. The molecular weight excluding hydrogens is 231 g/mol. The lowest BCUT2D eigenvalue weighted by molar-refractivity contribution is -0.137. The van der Waals surface area contributed by atoms with Crippen LogP contribution in [0.3, 0.4) is 0 Å². The minimum atomic E-state index is -4.30. The molecule has 0 bridgehead atoms. The van der Waals surface area contributed by atoms with Crippen LogP contribution >= 0.6 is 0 Å². The quantitative estimate of drug-likeness (QED) is 0.586. The Bertz CT molecular complexity index is 399. The highest BCUT2D eigenvalue weighted by molar-refractivity contribution is 5.85. The summed E-state index contributed by atoms with van der Waals surface area (Å²) in [5, 5.41) is 3.77. The Kier molecular flexibility index (Phi) is 4.54. The van der Waals surface area contributed by atoms with Crippen LogP contribution in [0.15, 0.2) is 29.4 Å². The van der Waals surface area contributed by atoms with Gasteiger partial charge in [0.1, 0.15) is 7.11 Å². The molecule has 0 aromatic heterocycles. The van der Waals surface area contributed by atoms with Gasteiger partial charge in [-0.3, -0.25) is 0 Å². The highest BCUT2D eigenvalue weighted by Crippen LogP contribution is 2.29. The first-order valence-corrected chi connectivity index (χ1v) is 5.22. The van der Waals surface area contributed by atoms with Gasteiger partial charge in [0.05, 0.1) is 11.3 Å². The third-order valence-corrected chi connectivity index (χ3v) is 2.29. The summed E-state index contributed by atoms with van der Waals surface area (Å²) in [7, 11) is 1.42. The van der Waals surface area contributed by atoms with Crippen LogP contribution in [0.1, 0.15) is 24.5 Å². The van der Waals surface area contributed by atoms with Crippen molar-refractivity contribution in [3.05, 3.63) is 35.4 Å². The topological polar surface area (TPSA) is 21.6 Å². The molecule has 0 radical (unpaired) electrons. The van der Waals surface area contributed by atoms with E-state index in [9.17, 15) is 13.2 Å². The smallest absolute Gasteiger partial charge is 0.399 e. The van der Waals surface area contributed by atoms with Crippen LogP contribution in [0.25, 0.3) is 0 Å². The largest absolute Gasteiger partial charge is 0.416 e. The van der Waals surface area contributed by atoms with Gasteiger partial charge in [0, 0.05) is 6.42 Å².